The summed E-state index contributed by atoms with van der Waals surface area (Å²) in [6.07, 6.45) is 1.67. The lowest BCUT2D eigenvalue weighted by molar-refractivity contribution is -0.121. The molecule has 152 valence electrons. The monoisotopic (exact) mass is 444 g/mol. The summed E-state index contributed by atoms with van der Waals surface area (Å²) in [5, 5.41) is 3.71. The average Bonchev–Trinajstić information content (AvgIpc) is 2.64. The van der Waals surface area contributed by atoms with Crippen LogP contribution in [0.3, 0.4) is 0 Å². The number of amides is 1. The second-order valence-electron chi connectivity index (χ2n) is 6.04. The van der Waals surface area contributed by atoms with E-state index < -0.39 is 10.0 Å². The summed E-state index contributed by atoms with van der Waals surface area (Å²) in [4.78, 5) is 12.0. The summed E-state index contributed by atoms with van der Waals surface area (Å²) in [7, 11) is -3.51. The number of sulfonamides is 1. The fourth-order valence-electron chi connectivity index (χ4n) is 2.48. The zero-order valence-corrected chi connectivity index (χ0v) is 17.7. The number of halogens is 2. The van der Waals surface area contributed by atoms with E-state index >= 15 is 0 Å². The van der Waals surface area contributed by atoms with Gasteiger partial charge in [-0.15, -0.1) is 0 Å². The smallest absolute Gasteiger partial charge is 0.232 e. The zero-order valence-electron chi connectivity index (χ0n) is 15.4. The van der Waals surface area contributed by atoms with E-state index in [4.69, 9.17) is 27.9 Å². The van der Waals surface area contributed by atoms with E-state index in [0.29, 0.717) is 41.1 Å². The van der Waals surface area contributed by atoms with Crippen molar-refractivity contribution >= 4 is 44.8 Å². The molecule has 0 aliphatic heterocycles. The standard InChI is InChI=1S/C19H22Cl2N2O4S/c1-28(25,26)23(18-6-3-2-5-17(18)21)13-4-7-19(24)22-12-14-27-16-10-8-15(20)9-11-16/h2-3,5-6,8-11H,4,7,12-14H2,1H3,(H,22,24). The number of benzene rings is 2. The number of anilines is 1. The predicted octanol–water partition coefficient (Wildman–Crippen LogP) is 3.73. The first kappa shape index (κ1) is 22.3. The average molecular weight is 445 g/mol. The van der Waals surface area contributed by atoms with Gasteiger partial charge in [-0.2, -0.15) is 0 Å². The minimum atomic E-state index is -3.51. The van der Waals surface area contributed by atoms with Crippen molar-refractivity contribution in [2.24, 2.45) is 0 Å². The molecular formula is C19H22Cl2N2O4S. The SMILES string of the molecule is CS(=O)(=O)N(CCCC(=O)NCCOc1ccc(Cl)cc1)c1ccccc1Cl. The third-order valence-corrected chi connectivity index (χ3v) is 5.54. The lowest BCUT2D eigenvalue weighted by Crippen LogP contribution is -2.33. The van der Waals surface area contributed by atoms with E-state index in [1.54, 1.807) is 48.5 Å². The molecule has 0 atom stereocenters. The molecular weight excluding hydrogens is 423 g/mol. The largest absolute Gasteiger partial charge is 0.492 e. The van der Waals surface area contributed by atoms with Crippen LogP contribution >= 0.6 is 23.2 Å². The Labute approximate surface area is 175 Å². The number of hydrogen-bond donors (Lipinski definition) is 1. The van der Waals surface area contributed by atoms with Crippen LogP contribution in [0.1, 0.15) is 12.8 Å². The van der Waals surface area contributed by atoms with Crippen LogP contribution in [-0.4, -0.2) is 40.3 Å². The summed E-state index contributed by atoms with van der Waals surface area (Å²) in [5.74, 6) is 0.495. The molecule has 1 N–H and O–H groups in total. The molecule has 0 bridgehead atoms. The Morgan fingerprint density at radius 2 is 1.79 bits per heavy atom. The number of para-hydroxylation sites is 1. The molecule has 2 aromatic rings. The molecule has 0 unspecified atom stereocenters. The Balaban J connectivity index is 1.75. The van der Waals surface area contributed by atoms with Crippen molar-refractivity contribution in [3.05, 3.63) is 58.6 Å². The zero-order chi connectivity index (χ0) is 20.6. The molecule has 28 heavy (non-hydrogen) atoms. The van der Waals surface area contributed by atoms with Crippen molar-refractivity contribution in [1.29, 1.82) is 0 Å². The third-order valence-electron chi connectivity index (χ3n) is 3.79. The minimum Gasteiger partial charge on any atom is -0.492 e. The summed E-state index contributed by atoms with van der Waals surface area (Å²) in [6, 6.07) is 13.7. The van der Waals surface area contributed by atoms with Crippen molar-refractivity contribution in [3.63, 3.8) is 0 Å². The first-order valence-electron chi connectivity index (χ1n) is 8.64. The number of ether oxygens (including phenoxy) is 1. The van der Waals surface area contributed by atoms with E-state index in [2.05, 4.69) is 5.32 Å². The van der Waals surface area contributed by atoms with E-state index in [-0.39, 0.29) is 18.9 Å². The van der Waals surface area contributed by atoms with Crippen LogP contribution in [0.15, 0.2) is 48.5 Å². The quantitative estimate of drug-likeness (QED) is 0.566. The highest BCUT2D eigenvalue weighted by Crippen LogP contribution is 2.27. The van der Waals surface area contributed by atoms with Crippen LogP contribution < -0.4 is 14.4 Å². The van der Waals surface area contributed by atoms with Gasteiger partial charge in [0.1, 0.15) is 12.4 Å². The summed E-state index contributed by atoms with van der Waals surface area (Å²) >= 11 is 11.9. The second kappa shape index (κ2) is 10.5. The predicted molar refractivity (Wildman–Crippen MR) is 113 cm³/mol. The minimum absolute atomic E-state index is 0.164. The number of carbonyl (C=O) groups excluding carboxylic acids is 1. The van der Waals surface area contributed by atoms with Gasteiger partial charge in [-0.05, 0) is 42.8 Å². The highest BCUT2D eigenvalue weighted by Gasteiger charge is 2.19. The van der Waals surface area contributed by atoms with E-state index in [9.17, 15) is 13.2 Å². The van der Waals surface area contributed by atoms with Crippen LogP contribution in [0.5, 0.6) is 5.75 Å². The normalized spacial score (nSPS) is 11.1. The van der Waals surface area contributed by atoms with Crippen LogP contribution in [-0.2, 0) is 14.8 Å². The van der Waals surface area contributed by atoms with E-state index in [0.717, 1.165) is 6.26 Å². The molecule has 2 rings (SSSR count). The first-order valence-corrected chi connectivity index (χ1v) is 11.2. The fourth-order valence-corrected chi connectivity index (χ4v) is 3.87. The van der Waals surface area contributed by atoms with Crippen molar-refractivity contribution in [2.45, 2.75) is 12.8 Å². The maximum absolute atomic E-state index is 12.1. The van der Waals surface area contributed by atoms with E-state index in [1.807, 2.05) is 0 Å². The molecule has 0 aliphatic carbocycles. The summed E-state index contributed by atoms with van der Waals surface area (Å²) in [5.41, 5.74) is 0.406. The maximum Gasteiger partial charge on any atom is 0.232 e. The fraction of sp³-hybridized carbons (Fsp3) is 0.316. The number of nitrogens with one attached hydrogen (secondary N) is 1. The van der Waals surface area contributed by atoms with Gasteiger partial charge in [0.15, 0.2) is 0 Å². The Bertz CT molecular complexity index is 889. The Hall–Kier alpha value is -1.96. The third kappa shape index (κ3) is 7.22. The van der Waals surface area contributed by atoms with Crippen molar-refractivity contribution in [1.82, 2.24) is 5.32 Å². The van der Waals surface area contributed by atoms with Gasteiger partial charge in [-0.3, -0.25) is 9.10 Å². The molecule has 0 aliphatic rings. The van der Waals surface area contributed by atoms with E-state index in [1.165, 1.54) is 4.31 Å². The Morgan fingerprint density at radius 3 is 2.43 bits per heavy atom. The van der Waals surface area contributed by atoms with Gasteiger partial charge < -0.3 is 10.1 Å². The molecule has 6 nitrogen and oxygen atoms in total. The lowest BCUT2D eigenvalue weighted by atomic mass is 10.2. The molecule has 0 spiro atoms. The van der Waals surface area contributed by atoms with Gasteiger partial charge in [0.05, 0.1) is 23.5 Å². The molecule has 0 saturated heterocycles. The van der Waals surface area contributed by atoms with Crippen molar-refractivity contribution in [2.75, 3.05) is 30.3 Å². The molecule has 1 amide bonds. The van der Waals surface area contributed by atoms with Gasteiger partial charge >= 0.3 is 0 Å². The van der Waals surface area contributed by atoms with Crippen LogP contribution in [0.4, 0.5) is 5.69 Å². The van der Waals surface area contributed by atoms with Gasteiger partial charge in [0.25, 0.3) is 0 Å². The molecule has 2 aromatic carbocycles. The van der Waals surface area contributed by atoms with Crippen molar-refractivity contribution < 1.29 is 17.9 Å². The topological polar surface area (TPSA) is 75.7 Å². The van der Waals surface area contributed by atoms with Gasteiger partial charge in [-0.1, -0.05) is 35.3 Å². The number of carbonyl (C=O) groups is 1. The number of hydrogen-bond acceptors (Lipinski definition) is 4. The molecule has 0 saturated carbocycles. The highest BCUT2D eigenvalue weighted by molar-refractivity contribution is 7.92. The second-order valence-corrected chi connectivity index (χ2v) is 8.79. The summed E-state index contributed by atoms with van der Waals surface area (Å²) < 4.78 is 30.8. The molecule has 9 heteroatoms. The first-order chi connectivity index (χ1) is 13.3. The molecule has 0 radical (unpaired) electrons. The molecule has 0 aromatic heterocycles. The van der Waals surface area contributed by atoms with Gasteiger partial charge in [-0.25, -0.2) is 8.42 Å². The van der Waals surface area contributed by atoms with Crippen LogP contribution in [0.2, 0.25) is 10.0 Å². The number of nitrogens with zero attached hydrogens (tertiary/aromatic N) is 1. The van der Waals surface area contributed by atoms with Gasteiger partial charge in [0, 0.05) is 18.0 Å². The Kier molecular flexibility index (Phi) is 8.41. The van der Waals surface area contributed by atoms with Gasteiger partial charge in [0.2, 0.25) is 15.9 Å². The van der Waals surface area contributed by atoms with Crippen molar-refractivity contribution in [3.8, 4) is 5.75 Å². The maximum atomic E-state index is 12.1. The highest BCUT2D eigenvalue weighted by atomic mass is 35.5. The number of rotatable bonds is 10. The van der Waals surface area contributed by atoms with Crippen LogP contribution in [0, 0.1) is 0 Å². The molecule has 0 heterocycles. The van der Waals surface area contributed by atoms with Crippen LogP contribution in [0.25, 0.3) is 0 Å². The summed E-state index contributed by atoms with van der Waals surface area (Å²) in [6.45, 7) is 0.835. The molecule has 0 fully saturated rings. The Morgan fingerprint density at radius 1 is 1.11 bits per heavy atom. The lowest BCUT2D eigenvalue weighted by Gasteiger charge is -2.23.